The molecule has 0 atom stereocenters. The second kappa shape index (κ2) is 6.65. The predicted octanol–water partition coefficient (Wildman–Crippen LogP) is 1.86. The van der Waals surface area contributed by atoms with Crippen LogP contribution in [0.3, 0.4) is 0 Å². The van der Waals surface area contributed by atoms with Gasteiger partial charge < -0.3 is 15.3 Å². The predicted molar refractivity (Wildman–Crippen MR) is 65.6 cm³/mol. The van der Waals surface area contributed by atoms with Gasteiger partial charge >= 0.3 is 0 Å². The van der Waals surface area contributed by atoms with Crippen molar-refractivity contribution in [1.29, 1.82) is 0 Å². The highest BCUT2D eigenvalue weighted by Gasteiger charge is 2.04. The lowest BCUT2D eigenvalue weighted by Crippen LogP contribution is -2.18. The van der Waals surface area contributed by atoms with E-state index in [0.29, 0.717) is 18.0 Å². The summed E-state index contributed by atoms with van der Waals surface area (Å²) in [7, 11) is 0. The van der Waals surface area contributed by atoms with Crippen molar-refractivity contribution in [3.05, 3.63) is 29.8 Å². The van der Waals surface area contributed by atoms with Crippen LogP contribution < -0.4 is 5.32 Å². The average molecular weight is 236 g/mol. The highest BCUT2D eigenvalue weighted by Crippen LogP contribution is 2.11. The van der Waals surface area contributed by atoms with Gasteiger partial charge in [0.05, 0.1) is 5.71 Å². The van der Waals surface area contributed by atoms with E-state index >= 15 is 0 Å². The third-order valence-corrected chi connectivity index (χ3v) is 2.15. The first kappa shape index (κ1) is 13.2. The van der Waals surface area contributed by atoms with Crippen LogP contribution in [0.2, 0.25) is 0 Å². The number of ether oxygens (including phenoxy) is 1. The lowest BCUT2D eigenvalue weighted by Gasteiger charge is -2.06. The van der Waals surface area contributed by atoms with Crippen LogP contribution in [0.25, 0.3) is 0 Å². The Morgan fingerprint density at radius 1 is 1.53 bits per heavy atom. The molecule has 17 heavy (non-hydrogen) atoms. The summed E-state index contributed by atoms with van der Waals surface area (Å²) in [5.74, 6) is -0.206. The molecule has 0 radical (unpaired) electrons. The summed E-state index contributed by atoms with van der Waals surface area (Å²) in [6, 6.07) is 7.07. The van der Waals surface area contributed by atoms with Gasteiger partial charge in [-0.15, -0.1) is 0 Å². The standard InChI is InChI=1S/C12H16N2O3/c1-3-17-8-12(15)13-11-6-4-5-10(7-11)9(2)14-16/h4-7,16H,3,8H2,1-2H3,(H,13,15)/b14-9+. The van der Waals surface area contributed by atoms with E-state index in [9.17, 15) is 4.79 Å². The molecule has 0 spiro atoms. The number of hydrogen-bond acceptors (Lipinski definition) is 4. The van der Waals surface area contributed by atoms with E-state index in [0.717, 1.165) is 5.56 Å². The molecule has 1 aromatic rings. The molecule has 0 saturated heterocycles. The Morgan fingerprint density at radius 2 is 2.29 bits per heavy atom. The van der Waals surface area contributed by atoms with Crippen molar-refractivity contribution < 1.29 is 14.7 Å². The smallest absolute Gasteiger partial charge is 0.250 e. The maximum absolute atomic E-state index is 11.4. The van der Waals surface area contributed by atoms with Crippen molar-refractivity contribution in [3.8, 4) is 0 Å². The summed E-state index contributed by atoms with van der Waals surface area (Å²) < 4.78 is 4.99. The van der Waals surface area contributed by atoms with Crippen molar-refractivity contribution in [2.45, 2.75) is 13.8 Å². The van der Waals surface area contributed by atoms with Gasteiger partial charge in [-0.25, -0.2) is 0 Å². The van der Waals surface area contributed by atoms with Gasteiger partial charge in [-0.1, -0.05) is 17.3 Å². The van der Waals surface area contributed by atoms with Crippen molar-refractivity contribution in [2.75, 3.05) is 18.5 Å². The average Bonchev–Trinajstić information content (AvgIpc) is 2.35. The van der Waals surface area contributed by atoms with Crippen LogP contribution in [-0.2, 0) is 9.53 Å². The molecule has 2 N–H and O–H groups in total. The molecule has 0 bridgehead atoms. The first-order valence-corrected chi connectivity index (χ1v) is 5.34. The number of anilines is 1. The van der Waals surface area contributed by atoms with Gasteiger partial charge in [-0.3, -0.25) is 4.79 Å². The van der Waals surface area contributed by atoms with Crippen molar-refractivity contribution in [2.24, 2.45) is 5.16 Å². The molecule has 1 aromatic carbocycles. The SMILES string of the molecule is CCOCC(=O)Nc1cccc(/C(C)=N/O)c1. The normalized spacial score (nSPS) is 11.3. The van der Waals surface area contributed by atoms with Gasteiger partial charge in [0.2, 0.25) is 5.91 Å². The van der Waals surface area contributed by atoms with E-state index in [-0.39, 0.29) is 12.5 Å². The van der Waals surface area contributed by atoms with Crippen molar-refractivity contribution in [1.82, 2.24) is 0 Å². The molecule has 0 aromatic heterocycles. The second-order valence-electron chi connectivity index (χ2n) is 3.45. The maximum Gasteiger partial charge on any atom is 0.250 e. The van der Waals surface area contributed by atoms with Crippen molar-refractivity contribution in [3.63, 3.8) is 0 Å². The third-order valence-electron chi connectivity index (χ3n) is 2.15. The molecule has 0 fully saturated rings. The Morgan fingerprint density at radius 3 is 2.94 bits per heavy atom. The quantitative estimate of drug-likeness (QED) is 0.465. The number of oxime groups is 1. The Bertz CT molecular complexity index is 416. The highest BCUT2D eigenvalue weighted by atomic mass is 16.5. The molecule has 0 unspecified atom stereocenters. The number of rotatable bonds is 5. The minimum Gasteiger partial charge on any atom is -0.411 e. The number of benzene rings is 1. The number of carbonyl (C=O) groups is 1. The van der Waals surface area contributed by atoms with Gasteiger partial charge in [0, 0.05) is 17.9 Å². The van der Waals surface area contributed by atoms with Crippen LogP contribution in [0.4, 0.5) is 5.69 Å². The largest absolute Gasteiger partial charge is 0.411 e. The fourth-order valence-electron chi connectivity index (χ4n) is 1.27. The van der Waals surface area contributed by atoms with Crippen LogP contribution in [0.1, 0.15) is 19.4 Å². The molecule has 0 heterocycles. The van der Waals surface area contributed by atoms with Gasteiger partial charge in [-0.05, 0) is 26.0 Å². The summed E-state index contributed by atoms with van der Waals surface area (Å²) in [6.07, 6.45) is 0. The Hall–Kier alpha value is -1.88. The number of carbonyl (C=O) groups excluding carboxylic acids is 1. The first-order chi connectivity index (χ1) is 8.17. The monoisotopic (exact) mass is 236 g/mol. The van der Waals surface area contributed by atoms with Crippen molar-refractivity contribution >= 4 is 17.3 Å². The molecular weight excluding hydrogens is 220 g/mol. The fourth-order valence-corrected chi connectivity index (χ4v) is 1.27. The Labute approximate surface area is 100 Å². The van der Waals surface area contributed by atoms with Crippen LogP contribution in [0.15, 0.2) is 29.4 Å². The number of hydrogen-bond donors (Lipinski definition) is 2. The lowest BCUT2D eigenvalue weighted by atomic mass is 10.1. The summed E-state index contributed by atoms with van der Waals surface area (Å²) >= 11 is 0. The summed E-state index contributed by atoms with van der Waals surface area (Å²) in [4.78, 5) is 11.4. The Kier molecular flexibility index (Phi) is 5.16. The molecular formula is C12H16N2O3. The molecule has 0 aliphatic carbocycles. The molecule has 0 aliphatic rings. The zero-order valence-electron chi connectivity index (χ0n) is 9.93. The van der Waals surface area contributed by atoms with E-state index < -0.39 is 0 Å². The number of nitrogens with one attached hydrogen (secondary N) is 1. The van der Waals surface area contributed by atoms with Crippen LogP contribution in [-0.4, -0.2) is 30.0 Å². The third kappa shape index (κ3) is 4.24. The van der Waals surface area contributed by atoms with Crippen LogP contribution in [0, 0.1) is 0 Å². The minimum atomic E-state index is -0.206. The molecule has 1 rings (SSSR count). The van der Waals surface area contributed by atoms with Gasteiger partial charge in [0.25, 0.3) is 0 Å². The fraction of sp³-hybridized carbons (Fsp3) is 0.333. The molecule has 0 aliphatic heterocycles. The zero-order chi connectivity index (χ0) is 12.7. The molecule has 92 valence electrons. The molecule has 0 saturated carbocycles. The van der Waals surface area contributed by atoms with Crippen LogP contribution in [0.5, 0.6) is 0 Å². The highest BCUT2D eigenvalue weighted by molar-refractivity contribution is 6.00. The topological polar surface area (TPSA) is 70.9 Å². The summed E-state index contributed by atoms with van der Waals surface area (Å²) in [5.41, 5.74) is 1.89. The number of amides is 1. The zero-order valence-corrected chi connectivity index (χ0v) is 9.93. The van der Waals surface area contributed by atoms with Gasteiger partial charge in [0.1, 0.15) is 6.61 Å². The lowest BCUT2D eigenvalue weighted by molar-refractivity contribution is -0.120. The first-order valence-electron chi connectivity index (χ1n) is 5.34. The molecule has 1 amide bonds. The van der Waals surface area contributed by atoms with E-state index in [4.69, 9.17) is 9.94 Å². The maximum atomic E-state index is 11.4. The molecule has 5 heteroatoms. The summed E-state index contributed by atoms with van der Waals surface area (Å²) in [6.45, 7) is 4.05. The van der Waals surface area contributed by atoms with E-state index in [2.05, 4.69) is 10.5 Å². The molecule has 5 nitrogen and oxygen atoms in total. The van der Waals surface area contributed by atoms with E-state index in [1.54, 1.807) is 31.2 Å². The van der Waals surface area contributed by atoms with Gasteiger partial charge in [0.15, 0.2) is 0 Å². The second-order valence-corrected chi connectivity index (χ2v) is 3.45. The van der Waals surface area contributed by atoms with Gasteiger partial charge in [-0.2, -0.15) is 0 Å². The number of nitrogens with zero attached hydrogens (tertiary/aromatic N) is 1. The van der Waals surface area contributed by atoms with Crippen LogP contribution >= 0.6 is 0 Å². The minimum absolute atomic E-state index is 0.0355. The van der Waals surface area contributed by atoms with E-state index in [1.807, 2.05) is 6.92 Å². The van der Waals surface area contributed by atoms with E-state index in [1.165, 1.54) is 0 Å². The Balaban J connectivity index is 2.69. The summed E-state index contributed by atoms with van der Waals surface area (Å²) in [5, 5.41) is 14.5.